The van der Waals surface area contributed by atoms with Gasteiger partial charge in [-0.1, -0.05) is 23.3 Å². The number of halogens is 1. The maximum atomic E-state index is 13.5. The van der Waals surface area contributed by atoms with E-state index in [4.69, 9.17) is 18.9 Å². The molecule has 0 spiro atoms. The zero-order valence-electron chi connectivity index (χ0n) is 17.2. The lowest BCUT2D eigenvalue weighted by molar-refractivity contribution is -0.141. The summed E-state index contributed by atoms with van der Waals surface area (Å²) in [4.78, 5) is 25.7. The van der Waals surface area contributed by atoms with Crippen molar-refractivity contribution in [1.82, 2.24) is 0 Å². The van der Waals surface area contributed by atoms with Crippen LogP contribution in [0.25, 0.3) is 0 Å². The van der Waals surface area contributed by atoms with Gasteiger partial charge in [-0.3, -0.25) is 0 Å². The van der Waals surface area contributed by atoms with Gasteiger partial charge in [-0.15, -0.1) is 0 Å². The lowest BCUT2D eigenvalue weighted by Gasteiger charge is -2.30. The fourth-order valence-electron chi connectivity index (χ4n) is 3.39. The summed E-state index contributed by atoms with van der Waals surface area (Å²) in [5.41, 5.74) is 2.96. The molecule has 0 unspecified atom stereocenters. The number of benzene rings is 1. The molecule has 7 heteroatoms. The molecule has 29 heavy (non-hydrogen) atoms. The minimum Gasteiger partial charge on any atom is -0.460 e. The third-order valence-corrected chi connectivity index (χ3v) is 4.71. The molecule has 1 aromatic rings. The van der Waals surface area contributed by atoms with Crippen molar-refractivity contribution in [3.8, 4) is 0 Å². The molecular weight excluding hydrogens is 379 g/mol. The molecule has 2 rings (SSSR count). The summed E-state index contributed by atoms with van der Waals surface area (Å²) < 4.78 is 34.0. The second-order valence-electron chi connectivity index (χ2n) is 6.81. The molecule has 0 aromatic heterocycles. The van der Waals surface area contributed by atoms with Gasteiger partial charge in [0.25, 0.3) is 0 Å². The van der Waals surface area contributed by atoms with E-state index >= 15 is 0 Å². The first-order valence-electron chi connectivity index (χ1n) is 9.37. The van der Waals surface area contributed by atoms with E-state index < -0.39 is 23.7 Å². The molecule has 0 aliphatic heterocycles. The van der Waals surface area contributed by atoms with Gasteiger partial charge in [0.15, 0.2) is 0 Å². The molecule has 0 bridgehead atoms. The lowest BCUT2D eigenvalue weighted by Crippen LogP contribution is -2.27. The molecule has 1 aromatic carbocycles. The number of ether oxygens (including phenoxy) is 4. The molecule has 0 saturated carbocycles. The van der Waals surface area contributed by atoms with Crippen LogP contribution in [0.3, 0.4) is 0 Å². The van der Waals surface area contributed by atoms with Crippen molar-refractivity contribution in [3.05, 3.63) is 57.9 Å². The van der Waals surface area contributed by atoms with Crippen molar-refractivity contribution >= 4 is 11.9 Å². The van der Waals surface area contributed by atoms with E-state index in [1.807, 2.05) is 13.8 Å². The summed E-state index contributed by atoms with van der Waals surface area (Å²) in [5.74, 6) is -2.15. The lowest BCUT2D eigenvalue weighted by atomic mass is 9.75. The van der Waals surface area contributed by atoms with Gasteiger partial charge in [-0.05, 0) is 38.0 Å². The average Bonchev–Trinajstić information content (AvgIpc) is 2.68. The summed E-state index contributed by atoms with van der Waals surface area (Å²) in [7, 11) is 3.03. The second kappa shape index (κ2) is 10.9. The Morgan fingerprint density at radius 1 is 0.862 bits per heavy atom. The molecule has 0 amide bonds. The molecule has 6 nitrogen and oxygen atoms in total. The highest BCUT2D eigenvalue weighted by Crippen LogP contribution is 2.42. The fourth-order valence-corrected chi connectivity index (χ4v) is 3.39. The molecule has 0 radical (unpaired) electrons. The van der Waals surface area contributed by atoms with Crippen LogP contribution in [-0.4, -0.2) is 52.6 Å². The Bertz CT molecular complexity index is 750. The van der Waals surface area contributed by atoms with Crippen LogP contribution in [-0.2, 0) is 28.5 Å². The Labute approximate surface area is 170 Å². The van der Waals surface area contributed by atoms with Crippen molar-refractivity contribution in [2.45, 2.75) is 26.2 Å². The maximum absolute atomic E-state index is 13.5. The summed E-state index contributed by atoms with van der Waals surface area (Å²) in [6.07, 6.45) is 0.446. The first-order chi connectivity index (χ1) is 13.9. The van der Waals surface area contributed by atoms with E-state index in [1.165, 1.54) is 26.4 Å². The Morgan fingerprint density at radius 2 is 1.31 bits per heavy atom. The van der Waals surface area contributed by atoms with Crippen molar-refractivity contribution in [3.63, 3.8) is 0 Å². The normalized spacial score (nSPS) is 14.9. The van der Waals surface area contributed by atoms with Gasteiger partial charge in [0, 0.05) is 31.3 Å². The highest BCUT2D eigenvalue weighted by atomic mass is 19.1. The molecule has 1 aliphatic rings. The number of methoxy groups -OCH3 is 2. The maximum Gasteiger partial charge on any atom is 0.335 e. The zero-order chi connectivity index (χ0) is 21.4. The van der Waals surface area contributed by atoms with Crippen LogP contribution in [0.15, 0.2) is 46.6 Å². The van der Waals surface area contributed by atoms with E-state index in [1.54, 1.807) is 12.1 Å². The first-order valence-corrected chi connectivity index (χ1v) is 9.37. The smallest absolute Gasteiger partial charge is 0.335 e. The SMILES string of the molecule is COCCOC(=O)C1=C(C)CC(C)=C(C(=O)OCCOC)C1c1ccc(F)cc1. The number of hydrogen-bond donors (Lipinski definition) is 0. The van der Waals surface area contributed by atoms with E-state index in [-0.39, 0.29) is 26.4 Å². The highest BCUT2D eigenvalue weighted by Gasteiger charge is 2.37. The van der Waals surface area contributed by atoms with Crippen molar-refractivity contribution in [2.75, 3.05) is 40.6 Å². The van der Waals surface area contributed by atoms with E-state index in [9.17, 15) is 14.0 Å². The van der Waals surface area contributed by atoms with E-state index in [0.717, 1.165) is 11.1 Å². The molecule has 0 saturated heterocycles. The quantitative estimate of drug-likeness (QED) is 0.463. The van der Waals surface area contributed by atoms with Crippen LogP contribution < -0.4 is 0 Å². The van der Waals surface area contributed by atoms with Crippen molar-refractivity contribution in [1.29, 1.82) is 0 Å². The number of rotatable bonds is 9. The first kappa shape index (κ1) is 22.8. The van der Waals surface area contributed by atoms with Crippen LogP contribution >= 0.6 is 0 Å². The zero-order valence-corrected chi connectivity index (χ0v) is 17.2. The fraction of sp³-hybridized carbons (Fsp3) is 0.455. The van der Waals surface area contributed by atoms with Crippen molar-refractivity contribution < 1.29 is 32.9 Å². The predicted molar refractivity (Wildman–Crippen MR) is 105 cm³/mol. The van der Waals surface area contributed by atoms with Gasteiger partial charge < -0.3 is 18.9 Å². The Balaban J connectivity index is 2.45. The minimum absolute atomic E-state index is 0.0958. The molecule has 0 fully saturated rings. The summed E-state index contributed by atoms with van der Waals surface area (Å²) in [5, 5.41) is 0. The van der Waals surface area contributed by atoms with Gasteiger partial charge in [0.2, 0.25) is 0 Å². The molecule has 0 atom stereocenters. The second-order valence-corrected chi connectivity index (χ2v) is 6.81. The minimum atomic E-state index is -0.700. The molecule has 0 N–H and O–H groups in total. The number of carbonyl (C=O) groups excluding carboxylic acids is 2. The highest BCUT2D eigenvalue weighted by molar-refractivity contribution is 6.00. The van der Waals surface area contributed by atoms with Crippen molar-refractivity contribution in [2.24, 2.45) is 0 Å². The number of allylic oxidation sites excluding steroid dienone is 2. The number of esters is 2. The summed E-state index contributed by atoms with van der Waals surface area (Å²) in [6.45, 7) is 4.39. The van der Waals surface area contributed by atoms with Gasteiger partial charge in [0.1, 0.15) is 19.0 Å². The predicted octanol–water partition coefficient (Wildman–Crippen LogP) is 3.33. The van der Waals surface area contributed by atoms with Crippen LogP contribution in [0.2, 0.25) is 0 Å². The van der Waals surface area contributed by atoms with Gasteiger partial charge >= 0.3 is 11.9 Å². The van der Waals surface area contributed by atoms with Crippen LogP contribution in [0.1, 0.15) is 31.7 Å². The number of carbonyl (C=O) groups is 2. The topological polar surface area (TPSA) is 71.1 Å². The van der Waals surface area contributed by atoms with Gasteiger partial charge in [-0.2, -0.15) is 0 Å². The summed E-state index contributed by atoms with van der Waals surface area (Å²) in [6, 6.07) is 5.74. The monoisotopic (exact) mass is 406 g/mol. The molecule has 1 aliphatic carbocycles. The summed E-state index contributed by atoms with van der Waals surface area (Å²) >= 11 is 0. The average molecular weight is 406 g/mol. The Morgan fingerprint density at radius 3 is 1.72 bits per heavy atom. The third-order valence-electron chi connectivity index (χ3n) is 4.71. The molecular formula is C22H27FO6. The largest absolute Gasteiger partial charge is 0.460 e. The third kappa shape index (κ3) is 5.74. The van der Waals surface area contributed by atoms with Gasteiger partial charge in [-0.25, -0.2) is 14.0 Å². The number of hydrogen-bond acceptors (Lipinski definition) is 6. The Hall–Kier alpha value is -2.51. The van der Waals surface area contributed by atoms with Crippen LogP contribution in [0, 0.1) is 5.82 Å². The Kier molecular flexibility index (Phi) is 8.54. The van der Waals surface area contributed by atoms with Crippen LogP contribution in [0.5, 0.6) is 0 Å². The van der Waals surface area contributed by atoms with Crippen LogP contribution in [0.4, 0.5) is 4.39 Å². The van der Waals surface area contributed by atoms with E-state index in [0.29, 0.717) is 23.1 Å². The molecule has 158 valence electrons. The standard InChI is InChI=1S/C22H27FO6/c1-14-13-15(2)19(22(25)29-12-10-27-4)20(16-5-7-17(23)8-6-16)18(14)21(24)28-11-9-26-3/h5-8,20H,9-13H2,1-4H3. The van der Waals surface area contributed by atoms with E-state index in [2.05, 4.69) is 0 Å². The molecule has 0 heterocycles. The van der Waals surface area contributed by atoms with Gasteiger partial charge in [0.05, 0.1) is 13.2 Å².